The van der Waals surface area contributed by atoms with Crippen molar-refractivity contribution in [2.24, 2.45) is 17.4 Å². The molecule has 1 unspecified atom stereocenters. The number of carbonyl (C=O) groups is 2. The Morgan fingerprint density at radius 3 is 2.28 bits per heavy atom. The van der Waals surface area contributed by atoms with Crippen LogP contribution in [0.4, 0.5) is 0 Å². The summed E-state index contributed by atoms with van der Waals surface area (Å²) < 4.78 is 0. The molecule has 5 heteroatoms. The Morgan fingerprint density at radius 2 is 1.78 bits per heavy atom. The summed E-state index contributed by atoms with van der Waals surface area (Å²) in [6.07, 6.45) is 6.84. The monoisotopic (exact) mass is 253 g/mol. The second-order valence-electron chi connectivity index (χ2n) is 5.63. The van der Waals surface area contributed by atoms with E-state index in [1.807, 2.05) is 0 Å². The quantitative estimate of drug-likeness (QED) is 0.716. The van der Waals surface area contributed by atoms with E-state index in [2.05, 4.69) is 0 Å². The van der Waals surface area contributed by atoms with Gasteiger partial charge in [-0.1, -0.05) is 12.8 Å². The molecule has 2 rings (SSSR count). The van der Waals surface area contributed by atoms with Crippen molar-refractivity contribution >= 4 is 11.8 Å². The summed E-state index contributed by atoms with van der Waals surface area (Å²) in [4.78, 5) is 25.0. The molecule has 1 atom stereocenters. The maximum atomic E-state index is 12.2. The van der Waals surface area contributed by atoms with Crippen LogP contribution >= 0.6 is 0 Å². The van der Waals surface area contributed by atoms with Gasteiger partial charge in [0.25, 0.3) is 0 Å². The topological polar surface area (TPSA) is 89.4 Å². The van der Waals surface area contributed by atoms with Gasteiger partial charge in [0.1, 0.15) is 0 Å². The number of nitrogens with zero attached hydrogens (tertiary/aromatic N) is 1. The van der Waals surface area contributed by atoms with Gasteiger partial charge in [0.15, 0.2) is 0 Å². The zero-order valence-corrected chi connectivity index (χ0v) is 10.8. The zero-order valence-electron chi connectivity index (χ0n) is 10.8. The van der Waals surface area contributed by atoms with Crippen LogP contribution in [0.3, 0.4) is 0 Å². The lowest BCUT2D eigenvalue weighted by Crippen LogP contribution is -2.46. The van der Waals surface area contributed by atoms with Crippen LogP contribution in [0.25, 0.3) is 0 Å². The smallest absolute Gasteiger partial charge is 0.237 e. The van der Waals surface area contributed by atoms with E-state index in [1.54, 1.807) is 4.90 Å². The second kappa shape index (κ2) is 5.69. The molecule has 0 aliphatic heterocycles. The summed E-state index contributed by atoms with van der Waals surface area (Å²) in [6.45, 7) is 0.0425. The van der Waals surface area contributed by atoms with Gasteiger partial charge in [-0.2, -0.15) is 0 Å². The number of amides is 2. The fourth-order valence-electron chi connectivity index (χ4n) is 2.81. The summed E-state index contributed by atoms with van der Waals surface area (Å²) >= 11 is 0. The Balaban J connectivity index is 1.92. The number of nitrogens with two attached hydrogens (primary N) is 2. The molecule has 102 valence electrons. The first-order valence-electron chi connectivity index (χ1n) is 6.91. The van der Waals surface area contributed by atoms with Gasteiger partial charge in [-0.3, -0.25) is 9.59 Å². The van der Waals surface area contributed by atoms with Crippen LogP contribution in [0.5, 0.6) is 0 Å². The molecule has 0 aromatic carbocycles. The van der Waals surface area contributed by atoms with Crippen molar-refractivity contribution in [2.45, 2.75) is 57.0 Å². The Kier molecular flexibility index (Phi) is 4.22. The lowest BCUT2D eigenvalue weighted by molar-refractivity contribution is -0.137. The molecule has 0 bridgehead atoms. The van der Waals surface area contributed by atoms with Crippen LogP contribution in [-0.4, -0.2) is 35.3 Å². The molecule has 0 heterocycles. The molecule has 4 N–H and O–H groups in total. The molecule has 5 nitrogen and oxygen atoms in total. The van der Waals surface area contributed by atoms with Crippen LogP contribution in [0.1, 0.15) is 44.9 Å². The molecule has 0 saturated heterocycles. The average Bonchev–Trinajstić information content (AvgIpc) is 3.02. The minimum absolute atomic E-state index is 0.0000926. The molecule has 0 spiro atoms. The molecular formula is C13H23N3O2. The van der Waals surface area contributed by atoms with Gasteiger partial charge in [0.2, 0.25) is 11.8 Å². The van der Waals surface area contributed by atoms with E-state index < -0.39 is 5.91 Å². The van der Waals surface area contributed by atoms with Crippen molar-refractivity contribution in [3.63, 3.8) is 0 Å². The number of hydrogen-bond donors (Lipinski definition) is 2. The standard InChI is InChI=1S/C13H23N3O2/c14-11(9-5-6-9)7-13(18)16(8-12(15)17)10-3-1-2-4-10/h9-11H,1-8,14H2,(H2,15,17). The van der Waals surface area contributed by atoms with Crippen molar-refractivity contribution in [1.29, 1.82) is 0 Å². The van der Waals surface area contributed by atoms with Gasteiger partial charge in [0, 0.05) is 18.5 Å². The maximum absolute atomic E-state index is 12.2. The Bertz CT molecular complexity index is 322. The van der Waals surface area contributed by atoms with E-state index in [0.29, 0.717) is 12.3 Å². The molecule has 2 saturated carbocycles. The number of hydrogen-bond acceptors (Lipinski definition) is 3. The van der Waals surface area contributed by atoms with Gasteiger partial charge in [-0.25, -0.2) is 0 Å². The van der Waals surface area contributed by atoms with Crippen molar-refractivity contribution < 1.29 is 9.59 Å². The van der Waals surface area contributed by atoms with Crippen LogP contribution < -0.4 is 11.5 Å². The number of carbonyl (C=O) groups excluding carboxylic acids is 2. The molecule has 0 aromatic rings. The predicted octanol–water partition coefficient (Wildman–Crippen LogP) is 0.370. The van der Waals surface area contributed by atoms with Crippen molar-refractivity contribution in [3.05, 3.63) is 0 Å². The largest absolute Gasteiger partial charge is 0.368 e. The third kappa shape index (κ3) is 3.45. The fraction of sp³-hybridized carbons (Fsp3) is 0.846. The van der Waals surface area contributed by atoms with E-state index in [4.69, 9.17) is 11.5 Å². The van der Waals surface area contributed by atoms with E-state index in [9.17, 15) is 9.59 Å². The van der Waals surface area contributed by atoms with Gasteiger partial charge in [-0.15, -0.1) is 0 Å². The first-order valence-corrected chi connectivity index (χ1v) is 6.91. The highest BCUT2D eigenvalue weighted by molar-refractivity contribution is 5.84. The molecule has 2 aliphatic rings. The van der Waals surface area contributed by atoms with E-state index in [0.717, 1.165) is 38.5 Å². The van der Waals surface area contributed by atoms with Gasteiger partial charge in [-0.05, 0) is 31.6 Å². The molecule has 0 aromatic heterocycles. The maximum Gasteiger partial charge on any atom is 0.237 e. The fourth-order valence-corrected chi connectivity index (χ4v) is 2.81. The average molecular weight is 253 g/mol. The summed E-state index contributed by atoms with van der Waals surface area (Å²) in [7, 11) is 0. The van der Waals surface area contributed by atoms with Crippen LogP contribution in [0.15, 0.2) is 0 Å². The summed E-state index contributed by atoms with van der Waals surface area (Å²) in [5.41, 5.74) is 11.2. The van der Waals surface area contributed by atoms with E-state index >= 15 is 0 Å². The van der Waals surface area contributed by atoms with Crippen LogP contribution in [0.2, 0.25) is 0 Å². The molecule has 0 radical (unpaired) electrons. The minimum atomic E-state index is -0.435. The van der Waals surface area contributed by atoms with Crippen molar-refractivity contribution in [2.75, 3.05) is 6.54 Å². The highest BCUT2D eigenvalue weighted by Gasteiger charge is 2.33. The van der Waals surface area contributed by atoms with Crippen molar-refractivity contribution in [3.8, 4) is 0 Å². The molecule has 2 amide bonds. The third-order valence-electron chi connectivity index (χ3n) is 4.05. The van der Waals surface area contributed by atoms with E-state index in [1.165, 1.54) is 0 Å². The highest BCUT2D eigenvalue weighted by Crippen LogP contribution is 2.33. The zero-order chi connectivity index (χ0) is 13.1. The van der Waals surface area contributed by atoms with Gasteiger partial charge >= 0.3 is 0 Å². The van der Waals surface area contributed by atoms with E-state index in [-0.39, 0.29) is 24.5 Å². The lowest BCUT2D eigenvalue weighted by Gasteiger charge is -2.28. The molecule has 2 fully saturated rings. The predicted molar refractivity (Wildman–Crippen MR) is 68.5 cm³/mol. The SMILES string of the molecule is NC(=O)CN(C(=O)CC(N)C1CC1)C1CCCC1. The lowest BCUT2D eigenvalue weighted by atomic mass is 10.1. The highest BCUT2D eigenvalue weighted by atomic mass is 16.2. The molecular weight excluding hydrogens is 230 g/mol. The van der Waals surface area contributed by atoms with Gasteiger partial charge < -0.3 is 16.4 Å². The van der Waals surface area contributed by atoms with Gasteiger partial charge in [0.05, 0.1) is 6.54 Å². The second-order valence-corrected chi connectivity index (χ2v) is 5.63. The van der Waals surface area contributed by atoms with Crippen LogP contribution in [-0.2, 0) is 9.59 Å². The Hall–Kier alpha value is -1.10. The Morgan fingerprint density at radius 1 is 1.17 bits per heavy atom. The normalized spacial score (nSPS) is 21.8. The number of primary amides is 1. The number of rotatable bonds is 6. The summed E-state index contributed by atoms with van der Waals surface area (Å²) in [5, 5.41) is 0. The van der Waals surface area contributed by atoms with Crippen LogP contribution in [0, 0.1) is 5.92 Å². The third-order valence-corrected chi connectivity index (χ3v) is 4.05. The Labute approximate surface area is 108 Å². The van der Waals surface area contributed by atoms with Crippen molar-refractivity contribution in [1.82, 2.24) is 4.90 Å². The summed E-state index contributed by atoms with van der Waals surface area (Å²) in [6, 6.07) is 0.144. The first kappa shape index (κ1) is 13.3. The molecule has 18 heavy (non-hydrogen) atoms. The molecule has 2 aliphatic carbocycles. The summed E-state index contributed by atoms with van der Waals surface area (Å²) in [5.74, 6) is 0.0725. The minimum Gasteiger partial charge on any atom is -0.368 e. The first-order chi connectivity index (χ1) is 8.58.